The first-order valence-electron chi connectivity index (χ1n) is 10.6. The first kappa shape index (κ1) is 26.2. The van der Waals surface area contributed by atoms with Crippen LogP contribution in [-0.4, -0.2) is 36.4 Å². The van der Waals surface area contributed by atoms with Crippen molar-refractivity contribution in [1.82, 2.24) is 5.01 Å². The standard InChI is InChI=1S/C24H33ClFN3O2S/c1-24(2,19-5-9-22(10-6-19)30-15-3-13-25)20-7-11-23(12-8-20)31-16-4-14-29(28)17-21(27)18-32-26/h5-12,17H,3-4,13-16,18,27-28H2,1-2H3/b21-17-. The molecule has 4 N–H and O–H groups in total. The average Bonchev–Trinajstić information content (AvgIpc) is 2.78. The van der Waals surface area contributed by atoms with Crippen LogP contribution in [0.2, 0.25) is 0 Å². The lowest BCUT2D eigenvalue weighted by atomic mass is 9.78. The maximum atomic E-state index is 12.2. The van der Waals surface area contributed by atoms with Crippen LogP contribution in [0.5, 0.6) is 11.5 Å². The number of benzene rings is 2. The Hall–Kier alpha value is -2.09. The molecule has 0 heterocycles. The van der Waals surface area contributed by atoms with Crippen LogP contribution in [0.25, 0.3) is 0 Å². The maximum Gasteiger partial charge on any atom is 0.119 e. The summed E-state index contributed by atoms with van der Waals surface area (Å²) in [6.07, 6.45) is 3.09. The molecular formula is C24H33ClFN3O2S. The van der Waals surface area contributed by atoms with Gasteiger partial charge in [0.05, 0.1) is 31.1 Å². The van der Waals surface area contributed by atoms with Crippen molar-refractivity contribution in [2.24, 2.45) is 11.6 Å². The number of hydrogen-bond donors (Lipinski definition) is 2. The van der Waals surface area contributed by atoms with E-state index in [1.807, 2.05) is 24.3 Å². The van der Waals surface area contributed by atoms with Crippen LogP contribution in [0.15, 0.2) is 60.4 Å². The molecule has 0 bridgehead atoms. The second-order valence-electron chi connectivity index (χ2n) is 7.96. The number of hydrazine groups is 1. The topological polar surface area (TPSA) is 73.7 Å². The highest BCUT2D eigenvalue weighted by Gasteiger charge is 2.23. The van der Waals surface area contributed by atoms with E-state index in [-0.39, 0.29) is 23.3 Å². The van der Waals surface area contributed by atoms with Gasteiger partial charge in [0.1, 0.15) is 11.5 Å². The van der Waals surface area contributed by atoms with Gasteiger partial charge in [-0.2, -0.15) is 3.89 Å². The van der Waals surface area contributed by atoms with Crippen molar-refractivity contribution >= 4 is 23.7 Å². The summed E-state index contributed by atoms with van der Waals surface area (Å²) in [6, 6.07) is 16.4. The van der Waals surface area contributed by atoms with Gasteiger partial charge in [0.2, 0.25) is 0 Å². The minimum Gasteiger partial charge on any atom is -0.494 e. The molecule has 0 amide bonds. The van der Waals surface area contributed by atoms with Gasteiger partial charge in [-0.15, -0.1) is 11.6 Å². The third-order valence-corrected chi connectivity index (χ3v) is 5.79. The molecule has 0 saturated carbocycles. The molecule has 0 radical (unpaired) electrons. The number of nitrogens with two attached hydrogens (primary N) is 2. The van der Waals surface area contributed by atoms with E-state index in [1.54, 1.807) is 6.20 Å². The monoisotopic (exact) mass is 481 g/mol. The molecule has 2 aromatic carbocycles. The number of hydrogen-bond acceptors (Lipinski definition) is 6. The van der Waals surface area contributed by atoms with Gasteiger partial charge in [-0.05, 0) is 41.8 Å². The molecule has 2 aromatic rings. The van der Waals surface area contributed by atoms with Crippen molar-refractivity contribution in [3.05, 3.63) is 71.6 Å². The molecule has 0 aliphatic carbocycles. The van der Waals surface area contributed by atoms with Gasteiger partial charge in [0.25, 0.3) is 0 Å². The molecule has 0 unspecified atom stereocenters. The lowest BCUT2D eigenvalue weighted by Gasteiger charge is -2.26. The van der Waals surface area contributed by atoms with Crippen molar-refractivity contribution in [2.45, 2.75) is 32.1 Å². The van der Waals surface area contributed by atoms with Crippen molar-refractivity contribution in [3.8, 4) is 11.5 Å². The molecule has 32 heavy (non-hydrogen) atoms. The van der Waals surface area contributed by atoms with E-state index >= 15 is 0 Å². The fourth-order valence-electron chi connectivity index (χ4n) is 3.16. The minimum atomic E-state index is -0.155. The lowest BCUT2D eigenvalue weighted by molar-refractivity contribution is 0.278. The Balaban J connectivity index is 1.86. The molecule has 0 aliphatic heterocycles. The van der Waals surface area contributed by atoms with Gasteiger partial charge in [-0.3, -0.25) is 0 Å². The van der Waals surface area contributed by atoms with Gasteiger partial charge in [0.15, 0.2) is 0 Å². The van der Waals surface area contributed by atoms with Crippen molar-refractivity contribution in [3.63, 3.8) is 0 Å². The molecule has 5 nitrogen and oxygen atoms in total. The van der Waals surface area contributed by atoms with E-state index in [2.05, 4.69) is 38.1 Å². The number of nitrogens with zero attached hydrogens (tertiary/aromatic N) is 1. The number of ether oxygens (including phenoxy) is 2. The summed E-state index contributed by atoms with van der Waals surface area (Å²) in [6.45, 7) is 6.10. The van der Waals surface area contributed by atoms with Crippen LogP contribution in [0.3, 0.4) is 0 Å². The van der Waals surface area contributed by atoms with E-state index in [4.69, 9.17) is 32.7 Å². The van der Waals surface area contributed by atoms with Crippen molar-refractivity contribution in [2.75, 3.05) is 31.4 Å². The summed E-state index contributed by atoms with van der Waals surface area (Å²) in [4.78, 5) is 0. The van der Waals surface area contributed by atoms with Crippen molar-refractivity contribution < 1.29 is 13.4 Å². The summed E-state index contributed by atoms with van der Waals surface area (Å²) in [5.74, 6) is 8.20. The van der Waals surface area contributed by atoms with E-state index in [1.165, 1.54) is 16.1 Å². The predicted molar refractivity (Wildman–Crippen MR) is 133 cm³/mol. The third-order valence-electron chi connectivity index (χ3n) is 5.08. The maximum absolute atomic E-state index is 12.2. The zero-order valence-electron chi connectivity index (χ0n) is 18.7. The Bertz CT molecular complexity index is 832. The number of halogens is 2. The minimum absolute atomic E-state index is 0.110. The highest BCUT2D eigenvalue weighted by molar-refractivity contribution is 7.94. The summed E-state index contributed by atoms with van der Waals surface area (Å²) < 4.78 is 23.7. The Kier molecular flexibility index (Phi) is 11.0. The summed E-state index contributed by atoms with van der Waals surface area (Å²) >= 11 is 5.87. The van der Waals surface area contributed by atoms with E-state index in [9.17, 15) is 3.89 Å². The summed E-state index contributed by atoms with van der Waals surface area (Å²) in [7, 11) is 0. The fourth-order valence-corrected chi connectivity index (χ4v) is 3.47. The molecular weight excluding hydrogens is 449 g/mol. The quantitative estimate of drug-likeness (QED) is 0.163. The fraction of sp³-hybridized carbons (Fsp3) is 0.417. The molecule has 0 aliphatic rings. The molecule has 176 valence electrons. The summed E-state index contributed by atoms with van der Waals surface area (Å²) in [5, 5.41) is 1.45. The Morgan fingerprint density at radius 3 is 1.97 bits per heavy atom. The first-order valence-corrected chi connectivity index (χ1v) is 12.0. The molecule has 0 aromatic heterocycles. The van der Waals surface area contributed by atoms with Gasteiger partial charge in [0, 0.05) is 36.2 Å². The van der Waals surface area contributed by atoms with Gasteiger partial charge in [-0.25, -0.2) is 5.84 Å². The second-order valence-corrected chi connectivity index (χ2v) is 8.85. The smallest absolute Gasteiger partial charge is 0.119 e. The molecule has 0 fully saturated rings. The molecule has 2 rings (SSSR count). The number of alkyl halides is 1. The highest BCUT2D eigenvalue weighted by atomic mass is 35.5. The third kappa shape index (κ3) is 8.45. The van der Waals surface area contributed by atoms with Gasteiger partial charge >= 0.3 is 0 Å². The van der Waals surface area contributed by atoms with Gasteiger partial charge < -0.3 is 20.2 Å². The molecule has 8 heteroatoms. The first-order chi connectivity index (χ1) is 15.4. The predicted octanol–water partition coefficient (Wildman–Crippen LogP) is 5.38. The van der Waals surface area contributed by atoms with Crippen LogP contribution < -0.4 is 21.1 Å². The van der Waals surface area contributed by atoms with Gasteiger partial charge in [-0.1, -0.05) is 38.1 Å². The Morgan fingerprint density at radius 2 is 1.50 bits per heavy atom. The molecule has 0 spiro atoms. The van der Waals surface area contributed by atoms with Crippen LogP contribution >= 0.6 is 23.7 Å². The highest BCUT2D eigenvalue weighted by Crippen LogP contribution is 2.33. The van der Waals surface area contributed by atoms with E-state index in [0.717, 1.165) is 24.3 Å². The SMILES string of the molecule is CC(C)(c1ccc(OCCCCl)cc1)c1ccc(OCCCN(N)/C=C(\N)CSF)cc1. The molecule has 0 saturated heterocycles. The number of rotatable bonds is 14. The second kappa shape index (κ2) is 13.5. The zero-order valence-corrected chi connectivity index (χ0v) is 20.3. The van der Waals surface area contributed by atoms with Crippen molar-refractivity contribution in [1.29, 1.82) is 0 Å². The Morgan fingerprint density at radius 1 is 1.00 bits per heavy atom. The Labute approximate surface area is 200 Å². The lowest BCUT2D eigenvalue weighted by Crippen LogP contribution is -2.28. The van der Waals surface area contributed by atoms with Crippen LogP contribution in [0.4, 0.5) is 3.89 Å². The molecule has 0 atom stereocenters. The van der Waals surface area contributed by atoms with E-state index in [0.29, 0.717) is 31.3 Å². The largest absolute Gasteiger partial charge is 0.494 e. The normalized spacial score (nSPS) is 12.0. The van der Waals surface area contributed by atoms with Crippen LogP contribution in [0, 0.1) is 0 Å². The van der Waals surface area contributed by atoms with Crippen LogP contribution in [0.1, 0.15) is 37.8 Å². The average molecular weight is 482 g/mol. The summed E-state index contributed by atoms with van der Waals surface area (Å²) in [5.41, 5.74) is 8.28. The zero-order chi connectivity index (χ0) is 23.4. The van der Waals surface area contributed by atoms with Crippen LogP contribution in [-0.2, 0) is 5.41 Å². The van der Waals surface area contributed by atoms with E-state index < -0.39 is 0 Å².